The van der Waals surface area contributed by atoms with Crippen LogP contribution in [-0.2, 0) is 10.0 Å². The van der Waals surface area contributed by atoms with Crippen molar-refractivity contribution in [2.75, 3.05) is 17.1 Å². The topological polar surface area (TPSA) is 118 Å². The third-order valence-electron chi connectivity index (χ3n) is 3.77. The van der Waals surface area contributed by atoms with Crippen LogP contribution in [0.4, 0.5) is 11.4 Å². The van der Waals surface area contributed by atoms with Gasteiger partial charge in [0.2, 0.25) is 0 Å². The SMILES string of the molecule is CNC(=O)c1ccc(S(=O)(=O)Nc2cccc(NC(=O)c3ccco3)c2)cc1. The average molecular weight is 399 g/mol. The maximum absolute atomic E-state index is 12.6. The Morgan fingerprint density at radius 2 is 1.61 bits per heavy atom. The number of carbonyl (C=O) groups is 2. The van der Waals surface area contributed by atoms with E-state index in [1.807, 2.05) is 0 Å². The number of anilines is 2. The highest BCUT2D eigenvalue weighted by Crippen LogP contribution is 2.20. The number of amides is 2. The van der Waals surface area contributed by atoms with Crippen LogP contribution in [0.15, 0.2) is 76.2 Å². The van der Waals surface area contributed by atoms with Gasteiger partial charge in [-0.15, -0.1) is 0 Å². The zero-order chi connectivity index (χ0) is 20.1. The average Bonchev–Trinajstić information content (AvgIpc) is 3.22. The molecule has 8 nitrogen and oxygen atoms in total. The highest BCUT2D eigenvalue weighted by molar-refractivity contribution is 7.92. The first-order valence-corrected chi connectivity index (χ1v) is 9.67. The van der Waals surface area contributed by atoms with Gasteiger partial charge in [0.15, 0.2) is 5.76 Å². The molecule has 1 aromatic heterocycles. The van der Waals surface area contributed by atoms with Crippen LogP contribution in [0.25, 0.3) is 0 Å². The Balaban J connectivity index is 1.75. The summed E-state index contributed by atoms with van der Waals surface area (Å²) in [5, 5.41) is 5.09. The highest BCUT2D eigenvalue weighted by Gasteiger charge is 2.16. The lowest BCUT2D eigenvalue weighted by atomic mass is 10.2. The smallest absolute Gasteiger partial charge is 0.291 e. The number of sulfonamides is 1. The predicted molar refractivity (Wildman–Crippen MR) is 104 cm³/mol. The van der Waals surface area contributed by atoms with Crippen LogP contribution in [0.2, 0.25) is 0 Å². The summed E-state index contributed by atoms with van der Waals surface area (Å²) in [5.41, 5.74) is 1.02. The lowest BCUT2D eigenvalue weighted by Gasteiger charge is -2.10. The van der Waals surface area contributed by atoms with Crippen molar-refractivity contribution in [3.8, 4) is 0 Å². The van der Waals surface area contributed by atoms with Crippen molar-refractivity contribution in [3.63, 3.8) is 0 Å². The van der Waals surface area contributed by atoms with E-state index in [-0.39, 0.29) is 22.3 Å². The minimum absolute atomic E-state index is 0.00479. The predicted octanol–water partition coefficient (Wildman–Crippen LogP) is 2.69. The number of rotatable bonds is 6. The van der Waals surface area contributed by atoms with E-state index in [2.05, 4.69) is 15.4 Å². The lowest BCUT2D eigenvalue weighted by Crippen LogP contribution is -2.18. The second kappa shape index (κ2) is 7.97. The molecule has 0 aliphatic carbocycles. The summed E-state index contributed by atoms with van der Waals surface area (Å²) < 4.78 is 32.6. The Hall–Kier alpha value is -3.59. The van der Waals surface area contributed by atoms with Crippen LogP contribution < -0.4 is 15.4 Å². The Bertz CT molecular complexity index is 1090. The molecule has 1 heterocycles. The maximum atomic E-state index is 12.6. The minimum atomic E-state index is -3.86. The van der Waals surface area contributed by atoms with E-state index >= 15 is 0 Å². The molecule has 144 valence electrons. The fourth-order valence-corrected chi connectivity index (χ4v) is 3.45. The molecule has 0 radical (unpaired) electrons. The van der Waals surface area contributed by atoms with Gasteiger partial charge in [-0.05, 0) is 54.6 Å². The first-order valence-electron chi connectivity index (χ1n) is 8.19. The van der Waals surface area contributed by atoms with Crippen LogP contribution in [0.1, 0.15) is 20.9 Å². The first-order chi connectivity index (χ1) is 13.4. The molecule has 0 bridgehead atoms. The molecule has 0 unspecified atom stereocenters. The number of hydrogen-bond donors (Lipinski definition) is 3. The van der Waals surface area contributed by atoms with Crippen molar-refractivity contribution >= 4 is 33.2 Å². The first kappa shape index (κ1) is 19.2. The number of hydrogen-bond acceptors (Lipinski definition) is 5. The summed E-state index contributed by atoms with van der Waals surface area (Å²) in [4.78, 5) is 23.6. The molecule has 0 saturated heterocycles. The van der Waals surface area contributed by atoms with Gasteiger partial charge in [-0.3, -0.25) is 14.3 Å². The van der Waals surface area contributed by atoms with E-state index in [4.69, 9.17) is 4.42 Å². The van der Waals surface area contributed by atoms with E-state index in [1.165, 1.54) is 49.7 Å². The molecule has 0 spiro atoms. The van der Waals surface area contributed by atoms with Gasteiger partial charge < -0.3 is 15.1 Å². The van der Waals surface area contributed by atoms with E-state index in [9.17, 15) is 18.0 Å². The monoisotopic (exact) mass is 399 g/mol. The third-order valence-corrected chi connectivity index (χ3v) is 5.17. The summed E-state index contributed by atoms with van der Waals surface area (Å²) in [6, 6.07) is 14.9. The minimum Gasteiger partial charge on any atom is -0.459 e. The summed E-state index contributed by atoms with van der Waals surface area (Å²) in [5.74, 6) is -0.617. The molecule has 3 aromatic rings. The fourth-order valence-electron chi connectivity index (χ4n) is 2.40. The van der Waals surface area contributed by atoms with Crippen LogP contribution in [0.5, 0.6) is 0 Å². The van der Waals surface area contributed by atoms with Crippen molar-refractivity contribution in [1.29, 1.82) is 0 Å². The zero-order valence-corrected chi connectivity index (χ0v) is 15.6. The van der Waals surface area contributed by atoms with Gasteiger partial charge in [-0.25, -0.2) is 8.42 Å². The molecule has 9 heteroatoms. The van der Waals surface area contributed by atoms with Gasteiger partial charge in [0.05, 0.1) is 16.8 Å². The molecule has 0 fully saturated rings. The van der Waals surface area contributed by atoms with Crippen LogP contribution >= 0.6 is 0 Å². The third kappa shape index (κ3) is 4.38. The molecule has 0 atom stereocenters. The van der Waals surface area contributed by atoms with Gasteiger partial charge in [-0.1, -0.05) is 6.07 Å². The summed E-state index contributed by atoms with van der Waals surface area (Å²) in [7, 11) is -2.37. The van der Waals surface area contributed by atoms with E-state index in [1.54, 1.807) is 24.3 Å². The van der Waals surface area contributed by atoms with Gasteiger partial charge in [0.25, 0.3) is 21.8 Å². The van der Waals surface area contributed by atoms with Crippen molar-refractivity contribution in [3.05, 3.63) is 78.3 Å². The molecule has 2 amide bonds. The van der Waals surface area contributed by atoms with Crippen molar-refractivity contribution in [1.82, 2.24) is 5.32 Å². The second-order valence-corrected chi connectivity index (χ2v) is 7.40. The number of carbonyl (C=O) groups excluding carboxylic acids is 2. The summed E-state index contributed by atoms with van der Waals surface area (Å²) in [6.07, 6.45) is 1.38. The zero-order valence-electron chi connectivity index (χ0n) is 14.8. The van der Waals surface area contributed by atoms with Crippen LogP contribution in [0.3, 0.4) is 0 Å². The molecule has 0 aliphatic heterocycles. The Morgan fingerprint density at radius 1 is 0.893 bits per heavy atom. The molecular formula is C19H17N3O5S. The molecule has 0 aliphatic rings. The number of benzene rings is 2. The van der Waals surface area contributed by atoms with Gasteiger partial charge in [-0.2, -0.15) is 0 Å². The Kier molecular flexibility index (Phi) is 5.46. The largest absolute Gasteiger partial charge is 0.459 e. The molecule has 0 saturated carbocycles. The van der Waals surface area contributed by atoms with Crippen LogP contribution in [0, 0.1) is 0 Å². The summed E-state index contributed by atoms with van der Waals surface area (Å²) >= 11 is 0. The quantitative estimate of drug-likeness (QED) is 0.589. The standard InChI is InChI=1S/C19H17N3O5S/c1-20-18(23)13-7-9-16(10-8-13)28(25,26)22-15-5-2-4-14(12-15)21-19(24)17-6-3-11-27-17/h2-12,22H,1H3,(H,20,23)(H,21,24). The Labute approximate surface area is 161 Å². The molecule has 2 aromatic carbocycles. The van der Waals surface area contributed by atoms with E-state index in [0.29, 0.717) is 11.3 Å². The van der Waals surface area contributed by atoms with Gasteiger partial charge >= 0.3 is 0 Å². The normalized spacial score (nSPS) is 10.9. The number of furan rings is 1. The van der Waals surface area contributed by atoms with Gasteiger partial charge in [0, 0.05) is 18.3 Å². The lowest BCUT2D eigenvalue weighted by molar-refractivity contribution is 0.0961. The van der Waals surface area contributed by atoms with Crippen LogP contribution in [-0.4, -0.2) is 27.3 Å². The van der Waals surface area contributed by atoms with E-state index in [0.717, 1.165) is 0 Å². The molecule has 28 heavy (non-hydrogen) atoms. The maximum Gasteiger partial charge on any atom is 0.291 e. The molecular weight excluding hydrogens is 382 g/mol. The van der Waals surface area contributed by atoms with Crippen molar-refractivity contribution in [2.45, 2.75) is 4.90 Å². The van der Waals surface area contributed by atoms with Crippen molar-refractivity contribution < 1.29 is 22.4 Å². The Morgan fingerprint density at radius 3 is 2.25 bits per heavy atom. The van der Waals surface area contributed by atoms with Crippen molar-refractivity contribution in [2.24, 2.45) is 0 Å². The highest BCUT2D eigenvalue weighted by atomic mass is 32.2. The van der Waals surface area contributed by atoms with E-state index < -0.39 is 15.9 Å². The molecule has 3 N–H and O–H groups in total. The molecule has 3 rings (SSSR count). The van der Waals surface area contributed by atoms with Gasteiger partial charge in [0.1, 0.15) is 0 Å². The fraction of sp³-hybridized carbons (Fsp3) is 0.0526. The number of nitrogens with one attached hydrogen (secondary N) is 3. The second-order valence-electron chi connectivity index (χ2n) is 5.72. The summed E-state index contributed by atoms with van der Waals surface area (Å²) in [6.45, 7) is 0.